The average molecular weight is 140 g/mol. The van der Waals surface area contributed by atoms with E-state index >= 15 is 0 Å². The fourth-order valence-electron chi connectivity index (χ4n) is 1.80. The summed E-state index contributed by atoms with van der Waals surface area (Å²) < 4.78 is 0. The van der Waals surface area contributed by atoms with Crippen molar-refractivity contribution in [3.63, 3.8) is 0 Å². The predicted molar refractivity (Wildman–Crippen MR) is 42.7 cm³/mol. The van der Waals surface area contributed by atoms with Gasteiger partial charge in [0.05, 0.1) is 6.10 Å². The van der Waals surface area contributed by atoms with Gasteiger partial charge in [-0.05, 0) is 24.7 Å². The van der Waals surface area contributed by atoms with Crippen molar-refractivity contribution in [2.24, 2.45) is 11.8 Å². The molecule has 1 rings (SSSR count). The molecule has 1 aliphatic rings. The zero-order valence-corrected chi connectivity index (χ0v) is 6.80. The van der Waals surface area contributed by atoms with Crippen LogP contribution < -0.4 is 0 Å². The van der Waals surface area contributed by atoms with Crippen LogP contribution in [0, 0.1) is 11.8 Å². The van der Waals surface area contributed by atoms with Crippen LogP contribution in [-0.4, -0.2) is 11.2 Å². The Balaban J connectivity index is 2.57. The van der Waals surface area contributed by atoms with Crippen LogP contribution in [0.25, 0.3) is 0 Å². The van der Waals surface area contributed by atoms with Gasteiger partial charge in [-0.3, -0.25) is 0 Å². The summed E-state index contributed by atoms with van der Waals surface area (Å²) >= 11 is 0. The van der Waals surface area contributed by atoms with Crippen molar-refractivity contribution in [2.75, 3.05) is 0 Å². The van der Waals surface area contributed by atoms with E-state index in [1.54, 1.807) is 0 Å². The number of aliphatic hydroxyl groups is 1. The van der Waals surface area contributed by atoms with Gasteiger partial charge in [0.1, 0.15) is 0 Å². The lowest BCUT2D eigenvalue weighted by molar-refractivity contribution is 0.0497. The summed E-state index contributed by atoms with van der Waals surface area (Å²) in [4.78, 5) is 0. The van der Waals surface area contributed by atoms with Gasteiger partial charge in [0.25, 0.3) is 0 Å². The summed E-state index contributed by atoms with van der Waals surface area (Å²) in [7, 11) is 0. The molecule has 0 radical (unpaired) electrons. The van der Waals surface area contributed by atoms with Crippen molar-refractivity contribution in [3.05, 3.63) is 12.2 Å². The molecule has 0 aromatic carbocycles. The molecule has 1 saturated carbocycles. The summed E-state index contributed by atoms with van der Waals surface area (Å²) in [6.45, 7) is 8.12. The van der Waals surface area contributed by atoms with Crippen LogP contribution in [0.1, 0.15) is 26.7 Å². The van der Waals surface area contributed by atoms with Gasteiger partial charge in [0, 0.05) is 0 Å². The first-order valence-corrected chi connectivity index (χ1v) is 3.96. The van der Waals surface area contributed by atoms with E-state index in [4.69, 9.17) is 0 Å². The molecule has 0 saturated heterocycles. The average Bonchev–Trinajstić information content (AvgIpc) is 1.82. The molecule has 1 N–H and O–H groups in total. The summed E-state index contributed by atoms with van der Waals surface area (Å²) in [5, 5.41) is 9.52. The molecule has 58 valence electrons. The van der Waals surface area contributed by atoms with E-state index in [0.717, 1.165) is 12.8 Å². The van der Waals surface area contributed by atoms with Crippen molar-refractivity contribution in [1.82, 2.24) is 0 Å². The quantitative estimate of drug-likeness (QED) is 0.510. The zero-order valence-electron chi connectivity index (χ0n) is 6.80. The highest BCUT2D eigenvalue weighted by Gasteiger charge is 2.26. The van der Waals surface area contributed by atoms with Gasteiger partial charge in [0.2, 0.25) is 0 Å². The van der Waals surface area contributed by atoms with Crippen molar-refractivity contribution < 1.29 is 5.11 Å². The van der Waals surface area contributed by atoms with Gasteiger partial charge in [-0.1, -0.05) is 26.0 Å². The highest BCUT2D eigenvalue weighted by atomic mass is 16.3. The molecule has 0 aromatic rings. The maximum absolute atomic E-state index is 9.52. The van der Waals surface area contributed by atoms with Crippen LogP contribution >= 0.6 is 0 Å². The Kier molecular flexibility index (Phi) is 2.14. The fraction of sp³-hybridized carbons (Fsp3) is 0.778. The molecule has 0 aliphatic heterocycles. The lowest BCUT2D eigenvalue weighted by Crippen LogP contribution is -2.30. The highest BCUT2D eigenvalue weighted by molar-refractivity contribution is 5.03. The minimum atomic E-state index is -0.106. The third-order valence-corrected chi connectivity index (χ3v) is 2.39. The van der Waals surface area contributed by atoms with E-state index in [1.165, 1.54) is 5.57 Å². The lowest BCUT2D eigenvalue weighted by atomic mass is 9.78. The summed E-state index contributed by atoms with van der Waals surface area (Å²) in [5.41, 5.74) is 1.30. The van der Waals surface area contributed by atoms with Crippen LogP contribution in [0.3, 0.4) is 0 Å². The van der Waals surface area contributed by atoms with Crippen LogP contribution in [0.2, 0.25) is 0 Å². The van der Waals surface area contributed by atoms with Gasteiger partial charge < -0.3 is 5.11 Å². The van der Waals surface area contributed by atoms with E-state index in [2.05, 4.69) is 20.4 Å². The highest BCUT2D eigenvalue weighted by Crippen LogP contribution is 2.31. The molecule has 1 fully saturated rings. The molecule has 0 bridgehead atoms. The molecule has 0 amide bonds. The minimum absolute atomic E-state index is 0.106. The second-order valence-electron chi connectivity index (χ2n) is 3.60. The maximum Gasteiger partial charge on any atom is 0.0597 e. The number of hydrogen-bond donors (Lipinski definition) is 1. The molecule has 0 heterocycles. The smallest absolute Gasteiger partial charge is 0.0597 e. The van der Waals surface area contributed by atoms with Gasteiger partial charge >= 0.3 is 0 Å². The second kappa shape index (κ2) is 2.75. The van der Waals surface area contributed by atoms with E-state index < -0.39 is 0 Å². The Labute approximate surface area is 62.8 Å². The van der Waals surface area contributed by atoms with Gasteiger partial charge in [0.15, 0.2) is 0 Å². The normalized spacial score (nSPS) is 41.9. The van der Waals surface area contributed by atoms with Gasteiger partial charge in [-0.2, -0.15) is 0 Å². The third-order valence-electron chi connectivity index (χ3n) is 2.39. The van der Waals surface area contributed by atoms with E-state index in [0.29, 0.717) is 11.8 Å². The Bertz CT molecular complexity index is 126. The molecule has 0 aromatic heterocycles. The fourth-order valence-corrected chi connectivity index (χ4v) is 1.80. The lowest BCUT2D eigenvalue weighted by Gasteiger charge is -2.31. The Morgan fingerprint density at radius 3 is 2.10 bits per heavy atom. The van der Waals surface area contributed by atoms with E-state index in [-0.39, 0.29) is 6.10 Å². The minimum Gasteiger partial charge on any atom is -0.393 e. The van der Waals surface area contributed by atoms with E-state index in [9.17, 15) is 5.11 Å². The van der Waals surface area contributed by atoms with Crippen molar-refractivity contribution >= 4 is 0 Å². The summed E-state index contributed by atoms with van der Waals surface area (Å²) in [5.74, 6) is 0.826. The van der Waals surface area contributed by atoms with Crippen LogP contribution in [-0.2, 0) is 0 Å². The molecule has 2 atom stereocenters. The number of aliphatic hydroxyl groups excluding tert-OH is 1. The largest absolute Gasteiger partial charge is 0.393 e. The van der Waals surface area contributed by atoms with Crippen molar-refractivity contribution in [1.29, 1.82) is 0 Å². The second-order valence-corrected chi connectivity index (χ2v) is 3.60. The van der Waals surface area contributed by atoms with Crippen molar-refractivity contribution in [3.8, 4) is 0 Å². The number of allylic oxidation sites excluding steroid dienone is 1. The van der Waals surface area contributed by atoms with Crippen LogP contribution in [0.15, 0.2) is 12.2 Å². The van der Waals surface area contributed by atoms with Crippen LogP contribution in [0.5, 0.6) is 0 Å². The molecule has 1 aliphatic carbocycles. The van der Waals surface area contributed by atoms with Crippen LogP contribution in [0.4, 0.5) is 0 Å². The first-order valence-electron chi connectivity index (χ1n) is 3.96. The topological polar surface area (TPSA) is 20.2 Å². The standard InChI is InChI=1S/C9H16O/c1-6-4-7(2)9(10)8(3)5-6/h7-10H,1,4-5H2,2-3H3. The SMILES string of the molecule is C=C1CC(C)C(O)C(C)C1. The zero-order chi connectivity index (χ0) is 7.72. The molecule has 1 nitrogen and oxygen atoms in total. The summed E-state index contributed by atoms with van der Waals surface area (Å²) in [6.07, 6.45) is 1.90. The summed E-state index contributed by atoms with van der Waals surface area (Å²) in [6, 6.07) is 0. The molecule has 10 heavy (non-hydrogen) atoms. The van der Waals surface area contributed by atoms with Gasteiger partial charge in [-0.15, -0.1) is 0 Å². The molecular formula is C9H16O. The Morgan fingerprint density at radius 1 is 1.30 bits per heavy atom. The Morgan fingerprint density at radius 2 is 1.70 bits per heavy atom. The molecule has 1 heteroatoms. The third kappa shape index (κ3) is 1.40. The van der Waals surface area contributed by atoms with Crippen molar-refractivity contribution in [2.45, 2.75) is 32.8 Å². The van der Waals surface area contributed by atoms with E-state index in [1.807, 2.05) is 0 Å². The number of rotatable bonds is 0. The first-order chi connectivity index (χ1) is 4.61. The first kappa shape index (κ1) is 7.80. The monoisotopic (exact) mass is 140 g/mol. The Hall–Kier alpha value is -0.300. The maximum atomic E-state index is 9.52. The van der Waals surface area contributed by atoms with Gasteiger partial charge in [-0.25, -0.2) is 0 Å². The molecule has 2 unspecified atom stereocenters. The predicted octanol–water partition coefficient (Wildman–Crippen LogP) is 1.97. The molecular weight excluding hydrogens is 124 g/mol. The molecule has 0 spiro atoms. The number of hydrogen-bond acceptors (Lipinski definition) is 1.